The lowest BCUT2D eigenvalue weighted by atomic mass is 10.2. The first kappa shape index (κ1) is 15.9. The molecule has 0 aliphatic carbocycles. The normalized spacial score (nSPS) is 20.3. The van der Waals surface area contributed by atoms with E-state index in [2.05, 4.69) is 42.9 Å². The first-order chi connectivity index (χ1) is 11.1. The Labute approximate surface area is 140 Å². The summed E-state index contributed by atoms with van der Waals surface area (Å²) >= 11 is 3.34. The van der Waals surface area contributed by atoms with Crippen molar-refractivity contribution in [2.75, 3.05) is 10.6 Å². The van der Waals surface area contributed by atoms with Gasteiger partial charge in [0.1, 0.15) is 18.0 Å². The first-order valence-electron chi connectivity index (χ1n) is 6.96. The predicted octanol–water partition coefficient (Wildman–Crippen LogP) is 1.95. The molecule has 1 amide bonds. The number of anilines is 2. The van der Waals surface area contributed by atoms with Gasteiger partial charge in [-0.25, -0.2) is 15.2 Å². The molecule has 0 aromatic heterocycles. The van der Waals surface area contributed by atoms with Crippen LogP contribution in [0, 0.1) is 5.82 Å². The average molecular weight is 380 g/mol. The van der Waals surface area contributed by atoms with Gasteiger partial charge in [0.2, 0.25) is 5.91 Å². The van der Waals surface area contributed by atoms with Gasteiger partial charge in [0, 0.05) is 15.8 Å². The SMILES string of the molecule is O=C(Nc1ccc(Br)cc1)C1NNNC1Nc1cccc(F)c1. The number of carbonyl (C=O) groups excluding carboxylic acids is 1. The third kappa shape index (κ3) is 4.05. The van der Waals surface area contributed by atoms with Crippen LogP contribution in [0.5, 0.6) is 0 Å². The van der Waals surface area contributed by atoms with Crippen molar-refractivity contribution < 1.29 is 9.18 Å². The minimum absolute atomic E-state index is 0.223. The Balaban J connectivity index is 1.66. The van der Waals surface area contributed by atoms with Crippen molar-refractivity contribution in [3.05, 3.63) is 58.8 Å². The van der Waals surface area contributed by atoms with Crippen LogP contribution in [0.1, 0.15) is 0 Å². The van der Waals surface area contributed by atoms with Gasteiger partial charge in [-0.3, -0.25) is 4.79 Å². The Bertz CT molecular complexity index is 697. The number of hydrogen-bond donors (Lipinski definition) is 5. The molecule has 8 heteroatoms. The molecular weight excluding hydrogens is 365 g/mol. The Morgan fingerprint density at radius 1 is 1.09 bits per heavy atom. The zero-order chi connectivity index (χ0) is 16.2. The monoisotopic (exact) mass is 379 g/mol. The highest BCUT2D eigenvalue weighted by Gasteiger charge is 2.32. The lowest BCUT2D eigenvalue weighted by Gasteiger charge is -2.20. The van der Waals surface area contributed by atoms with E-state index in [4.69, 9.17) is 0 Å². The Morgan fingerprint density at radius 3 is 2.61 bits per heavy atom. The van der Waals surface area contributed by atoms with Crippen LogP contribution in [0.25, 0.3) is 0 Å². The smallest absolute Gasteiger partial charge is 0.246 e. The highest BCUT2D eigenvalue weighted by molar-refractivity contribution is 9.10. The van der Waals surface area contributed by atoms with Crippen molar-refractivity contribution in [1.29, 1.82) is 0 Å². The van der Waals surface area contributed by atoms with Gasteiger partial charge in [0.15, 0.2) is 0 Å². The van der Waals surface area contributed by atoms with Crippen LogP contribution in [0.2, 0.25) is 0 Å². The van der Waals surface area contributed by atoms with Crippen LogP contribution < -0.4 is 27.0 Å². The highest BCUT2D eigenvalue weighted by atomic mass is 79.9. The number of rotatable bonds is 4. The van der Waals surface area contributed by atoms with E-state index in [0.29, 0.717) is 11.4 Å². The average Bonchev–Trinajstić information content (AvgIpc) is 2.98. The molecule has 2 aromatic rings. The molecular formula is C15H15BrFN5O. The minimum Gasteiger partial charge on any atom is -0.367 e. The molecule has 1 heterocycles. The molecule has 1 aliphatic rings. The van der Waals surface area contributed by atoms with E-state index in [0.717, 1.165) is 4.47 Å². The Morgan fingerprint density at radius 2 is 1.87 bits per heavy atom. The summed E-state index contributed by atoms with van der Waals surface area (Å²) in [7, 11) is 0. The summed E-state index contributed by atoms with van der Waals surface area (Å²) in [6, 6.07) is 12.8. The van der Waals surface area contributed by atoms with Crippen molar-refractivity contribution in [2.45, 2.75) is 12.2 Å². The quantitative estimate of drug-likeness (QED) is 0.561. The Hall–Kier alpha value is -2.00. The van der Waals surface area contributed by atoms with Gasteiger partial charge in [-0.05, 0) is 42.5 Å². The maximum atomic E-state index is 13.2. The molecule has 3 rings (SSSR count). The second-order valence-electron chi connectivity index (χ2n) is 5.02. The molecule has 2 aromatic carbocycles. The molecule has 120 valence electrons. The van der Waals surface area contributed by atoms with Gasteiger partial charge in [0.25, 0.3) is 0 Å². The second-order valence-corrected chi connectivity index (χ2v) is 5.94. The molecule has 0 spiro atoms. The van der Waals surface area contributed by atoms with Gasteiger partial charge in [0.05, 0.1) is 0 Å². The van der Waals surface area contributed by atoms with E-state index in [1.165, 1.54) is 12.1 Å². The number of hydrazine groups is 2. The maximum absolute atomic E-state index is 13.2. The van der Waals surface area contributed by atoms with Gasteiger partial charge < -0.3 is 10.6 Å². The molecule has 0 saturated carbocycles. The largest absolute Gasteiger partial charge is 0.367 e. The van der Waals surface area contributed by atoms with Crippen LogP contribution in [0.3, 0.4) is 0 Å². The summed E-state index contributed by atoms with van der Waals surface area (Å²) in [5.41, 5.74) is 9.70. The third-order valence-electron chi connectivity index (χ3n) is 3.33. The fraction of sp³-hybridized carbons (Fsp3) is 0.133. The van der Waals surface area contributed by atoms with Crippen molar-refractivity contribution in [3.8, 4) is 0 Å². The zero-order valence-electron chi connectivity index (χ0n) is 11.9. The molecule has 1 aliphatic heterocycles. The number of carbonyl (C=O) groups is 1. The molecule has 2 atom stereocenters. The number of benzene rings is 2. The number of nitrogens with one attached hydrogen (secondary N) is 5. The lowest BCUT2D eigenvalue weighted by molar-refractivity contribution is -0.118. The summed E-state index contributed by atoms with van der Waals surface area (Å²) < 4.78 is 14.2. The standard InChI is InChI=1S/C15H15BrFN5O/c16-9-4-6-11(7-5-9)19-15(23)13-14(21-22-20-13)18-12-3-1-2-10(17)8-12/h1-8,13-14,18,20-22H,(H,19,23). The van der Waals surface area contributed by atoms with E-state index in [1.54, 1.807) is 24.3 Å². The molecule has 1 fully saturated rings. The van der Waals surface area contributed by atoms with Crippen molar-refractivity contribution in [3.63, 3.8) is 0 Å². The number of amides is 1. The molecule has 0 bridgehead atoms. The van der Waals surface area contributed by atoms with Gasteiger partial charge in [-0.15, -0.1) is 0 Å². The second kappa shape index (κ2) is 7.05. The van der Waals surface area contributed by atoms with Crippen molar-refractivity contribution in [2.24, 2.45) is 0 Å². The van der Waals surface area contributed by atoms with Crippen molar-refractivity contribution in [1.82, 2.24) is 16.4 Å². The first-order valence-corrected chi connectivity index (χ1v) is 7.76. The molecule has 2 unspecified atom stereocenters. The fourth-order valence-corrected chi connectivity index (χ4v) is 2.48. The lowest BCUT2D eigenvalue weighted by Crippen LogP contribution is -2.47. The fourth-order valence-electron chi connectivity index (χ4n) is 2.21. The maximum Gasteiger partial charge on any atom is 0.246 e. The van der Waals surface area contributed by atoms with Crippen LogP contribution in [-0.4, -0.2) is 18.1 Å². The van der Waals surface area contributed by atoms with Gasteiger partial charge >= 0.3 is 0 Å². The van der Waals surface area contributed by atoms with Gasteiger partial charge in [-0.1, -0.05) is 22.0 Å². The zero-order valence-corrected chi connectivity index (χ0v) is 13.5. The third-order valence-corrected chi connectivity index (χ3v) is 3.86. The Kier molecular flexibility index (Phi) is 4.87. The minimum atomic E-state index is -0.582. The van der Waals surface area contributed by atoms with Crippen LogP contribution in [0.15, 0.2) is 53.0 Å². The van der Waals surface area contributed by atoms with Crippen molar-refractivity contribution >= 4 is 33.2 Å². The van der Waals surface area contributed by atoms with E-state index in [9.17, 15) is 9.18 Å². The van der Waals surface area contributed by atoms with Crippen LogP contribution >= 0.6 is 15.9 Å². The van der Waals surface area contributed by atoms with Gasteiger partial charge in [-0.2, -0.15) is 5.53 Å². The summed E-state index contributed by atoms with van der Waals surface area (Å²) in [5, 5.41) is 5.89. The van der Waals surface area contributed by atoms with E-state index in [-0.39, 0.29) is 11.7 Å². The molecule has 23 heavy (non-hydrogen) atoms. The van der Waals surface area contributed by atoms with Crippen LogP contribution in [0.4, 0.5) is 15.8 Å². The number of hydrogen-bond acceptors (Lipinski definition) is 5. The van der Waals surface area contributed by atoms with E-state index >= 15 is 0 Å². The molecule has 1 saturated heterocycles. The van der Waals surface area contributed by atoms with E-state index < -0.39 is 12.2 Å². The summed E-state index contributed by atoms with van der Waals surface area (Å²) in [4.78, 5) is 12.4. The summed E-state index contributed by atoms with van der Waals surface area (Å²) in [5.74, 6) is -0.566. The number of halogens is 2. The topological polar surface area (TPSA) is 77.2 Å². The molecule has 6 nitrogen and oxygen atoms in total. The van der Waals surface area contributed by atoms with E-state index in [1.807, 2.05) is 12.1 Å². The highest BCUT2D eigenvalue weighted by Crippen LogP contribution is 2.16. The van der Waals surface area contributed by atoms with Crippen LogP contribution in [-0.2, 0) is 4.79 Å². The summed E-state index contributed by atoms with van der Waals surface area (Å²) in [6.07, 6.45) is -0.438. The molecule has 0 radical (unpaired) electrons. The summed E-state index contributed by atoms with van der Waals surface area (Å²) in [6.45, 7) is 0. The predicted molar refractivity (Wildman–Crippen MR) is 89.8 cm³/mol. The molecule has 5 N–H and O–H groups in total.